The normalized spacial score (nSPS) is 13.0. The lowest BCUT2D eigenvalue weighted by Gasteiger charge is -2.26. The topological polar surface area (TPSA) is 55.4 Å². The molecule has 0 atom stereocenters. The number of benzene rings is 1. The number of aryl methyl sites for hydroxylation is 1. The molecule has 0 heterocycles. The number of hydrogen-bond donors (Lipinski definition) is 1. The van der Waals surface area contributed by atoms with Crippen molar-refractivity contribution < 1.29 is 26.3 Å². The van der Waals surface area contributed by atoms with Crippen molar-refractivity contribution in [3.05, 3.63) is 42.2 Å². The summed E-state index contributed by atoms with van der Waals surface area (Å²) >= 11 is 0. The molecule has 0 radical (unpaired) electrons. The third-order valence-corrected chi connectivity index (χ3v) is 4.38. The van der Waals surface area contributed by atoms with Crippen LogP contribution >= 0.6 is 0 Å². The van der Waals surface area contributed by atoms with Gasteiger partial charge < -0.3 is 4.74 Å². The van der Waals surface area contributed by atoms with E-state index in [9.17, 15) is 21.6 Å². The Hall–Kier alpha value is -1.54. The summed E-state index contributed by atoms with van der Waals surface area (Å²) in [5.41, 5.74) is -0.347. The molecule has 0 saturated carbocycles. The Morgan fingerprint density at radius 3 is 2.18 bits per heavy atom. The summed E-state index contributed by atoms with van der Waals surface area (Å²) in [6.45, 7) is 6.91. The molecule has 4 nitrogen and oxygen atoms in total. The molecule has 0 fully saturated rings. The fourth-order valence-corrected chi connectivity index (χ4v) is 2.92. The standard InChI is InChI=1S/C14H18F3NO3S/c1-10-5-7-12(8-6-10)22(19,20)18-13(3,4)9-21-11(2)14(15,16)17/h5-8,18H,2,9H2,1,3-4H3. The van der Waals surface area contributed by atoms with Crippen molar-refractivity contribution in [1.82, 2.24) is 4.72 Å². The van der Waals surface area contributed by atoms with Gasteiger partial charge in [0.2, 0.25) is 10.0 Å². The van der Waals surface area contributed by atoms with Crippen LogP contribution in [0.25, 0.3) is 0 Å². The first-order valence-corrected chi connectivity index (χ1v) is 7.81. The average Bonchev–Trinajstić information content (AvgIpc) is 2.34. The van der Waals surface area contributed by atoms with Crippen LogP contribution < -0.4 is 4.72 Å². The first-order valence-electron chi connectivity index (χ1n) is 6.33. The Morgan fingerprint density at radius 2 is 1.73 bits per heavy atom. The van der Waals surface area contributed by atoms with Gasteiger partial charge in [-0.3, -0.25) is 0 Å². The van der Waals surface area contributed by atoms with E-state index in [2.05, 4.69) is 16.0 Å². The van der Waals surface area contributed by atoms with Crippen molar-refractivity contribution in [3.8, 4) is 0 Å². The second-order valence-corrected chi connectivity index (χ2v) is 7.19. The molecule has 0 saturated heterocycles. The minimum atomic E-state index is -4.67. The van der Waals surface area contributed by atoms with Crippen LogP contribution in [0.3, 0.4) is 0 Å². The van der Waals surface area contributed by atoms with E-state index >= 15 is 0 Å². The zero-order valence-electron chi connectivity index (χ0n) is 12.5. The maximum atomic E-state index is 12.3. The predicted molar refractivity (Wildman–Crippen MR) is 76.7 cm³/mol. The Kier molecular flexibility index (Phi) is 5.30. The van der Waals surface area contributed by atoms with Crippen LogP contribution in [0.5, 0.6) is 0 Å². The third-order valence-electron chi connectivity index (χ3n) is 2.67. The Morgan fingerprint density at radius 1 is 1.23 bits per heavy atom. The number of nitrogens with one attached hydrogen (secondary N) is 1. The highest BCUT2D eigenvalue weighted by atomic mass is 32.2. The van der Waals surface area contributed by atoms with Crippen molar-refractivity contribution in [2.24, 2.45) is 0 Å². The van der Waals surface area contributed by atoms with Gasteiger partial charge in [-0.25, -0.2) is 13.1 Å². The van der Waals surface area contributed by atoms with Gasteiger partial charge in [-0.2, -0.15) is 13.2 Å². The second-order valence-electron chi connectivity index (χ2n) is 5.51. The lowest BCUT2D eigenvalue weighted by atomic mass is 10.1. The van der Waals surface area contributed by atoms with Crippen molar-refractivity contribution in [2.45, 2.75) is 37.4 Å². The number of allylic oxidation sites excluding steroid dienone is 1. The summed E-state index contributed by atoms with van der Waals surface area (Å²) in [6.07, 6.45) is -4.67. The van der Waals surface area contributed by atoms with Crippen LogP contribution in [-0.2, 0) is 14.8 Å². The fourth-order valence-electron chi connectivity index (χ4n) is 1.52. The number of halogens is 3. The largest absolute Gasteiger partial charge is 0.487 e. The minimum Gasteiger partial charge on any atom is -0.487 e. The summed E-state index contributed by atoms with van der Waals surface area (Å²) in [5.74, 6) is -1.37. The molecule has 124 valence electrons. The maximum absolute atomic E-state index is 12.3. The van der Waals surface area contributed by atoms with Gasteiger partial charge in [0.05, 0.1) is 10.4 Å². The first-order chi connectivity index (χ1) is 9.83. The number of rotatable bonds is 6. The Bertz CT molecular complexity index is 634. The van der Waals surface area contributed by atoms with Crippen LogP contribution in [-0.4, -0.2) is 26.7 Å². The zero-order chi connectivity index (χ0) is 17.2. The lowest BCUT2D eigenvalue weighted by Crippen LogP contribution is -2.47. The van der Waals surface area contributed by atoms with E-state index in [-0.39, 0.29) is 4.90 Å². The lowest BCUT2D eigenvalue weighted by molar-refractivity contribution is -0.132. The molecule has 0 aliphatic rings. The van der Waals surface area contributed by atoms with Crippen molar-refractivity contribution in [3.63, 3.8) is 0 Å². The molecule has 1 aromatic rings. The molecule has 0 amide bonds. The van der Waals surface area contributed by atoms with E-state index in [4.69, 9.17) is 0 Å². The molecule has 0 aliphatic carbocycles. The molecule has 22 heavy (non-hydrogen) atoms. The highest BCUT2D eigenvalue weighted by molar-refractivity contribution is 7.89. The number of alkyl halides is 3. The molecule has 8 heteroatoms. The van der Waals surface area contributed by atoms with Gasteiger partial charge >= 0.3 is 6.18 Å². The van der Waals surface area contributed by atoms with E-state index in [1.54, 1.807) is 12.1 Å². The molecule has 0 spiro atoms. The molecule has 0 unspecified atom stereocenters. The summed E-state index contributed by atoms with van der Waals surface area (Å²) in [6, 6.07) is 6.10. The first kappa shape index (κ1) is 18.5. The Balaban J connectivity index is 2.78. The summed E-state index contributed by atoms with van der Waals surface area (Å²) in [4.78, 5) is 0.0285. The number of hydrogen-bond acceptors (Lipinski definition) is 3. The van der Waals surface area contributed by atoms with Crippen molar-refractivity contribution >= 4 is 10.0 Å². The van der Waals surface area contributed by atoms with Gasteiger partial charge in [0.25, 0.3) is 0 Å². The van der Waals surface area contributed by atoms with Gasteiger partial charge in [-0.05, 0) is 32.9 Å². The summed E-state index contributed by atoms with van der Waals surface area (Å²) in [5, 5.41) is 0. The smallest absolute Gasteiger partial charge is 0.448 e. The van der Waals surface area contributed by atoms with Gasteiger partial charge in [0.1, 0.15) is 6.61 Å². The van der Waals surface area contributed by atoms with E-state index in [1.165, 1.54) is 26.0 Å². The minimum absolute atomic E-state index is 0.0285. The predicted octanol–water partition coefficient (Wildman–Crippen LogP) is 3.14. The average molecular weight is 337 g/mol. The SMILES string of the molecule is C=C(OCC(C)(C)NS(=O)(=O)c1ccc(C)cc1)C(F)(F)F. The van der Waals surface area contributed by atoms with Crippen LogP contribution in [0.4, 0.5) is 13.2 Å². The van der Waals surface area contributed by atoms with Crippen molar-refractivity contribution in [2.75, 3.05) is 6.61 Å². The van der Waals surface area contributed by atoms with E-state index in [0.717, 1.165) is 5.56 Å². The quantitative estimate of drug-likeness (QED) is 0.812. The van der Waals surface area contributed by atoms with Gasteiger partial charge in [-0.1, -0.05) is 24.3 Å². The van der Waals surface area contributed by atoms with Crippen LogP contribution in [0, 0.1) is 6.92 Å². The van der Waals surface area contributed by atoms with E-state index in [1.807, 2.05) is 6.92 Å². The van der Waals surface area contributed by atoms with Crippen LogP contribution in [0.2, 0.25) is 0 Å². The molecule has 1 N–H and O–H groups in total. The molecule has 1 rings (SSSR count). The van der Waals surface area contributed by atoms with Gasteiger partial charge in [0.15, 0.2) is 5.76 Å². The monoisotopic (exact) mass is 337 g/mol. The van der Waals surface area contributed by atoms with E-state index < -0.39 is 34.1 Å². The summed E-state index contributed by atoms with van der Waals surface area (Å²) < 4.78 is 68.1. The highest BCUT2D eigenvalue weighted by Gasteiger charge is 2.36. The summed E-state index contributed by atoms with van der Waals surface area (Å²) in [7, 11) is -3.86. The van der Waals surface area contributed by atoms with Gasteiger partial charge in [0, 0.05) is 0 Å². The van der Waals surface area contributed by atoms with Crippen LogP contribution in [0.1, 0.15) is 19.4 Å². The molecule has 1 aromatic carbocycles. The van der Waals surface area contributed by atoms with E-state index in [0.29, 0.717) is 0 Å². The number of ether oxygens (including phenoxy) is 1. The van der Waals surface area contributed by atoms with Crippen LogP contribution in [0.15, 0.2) is 41.5 Å². The molecular weight excluding hydrogens is 319 g/mol. The second kappa shape index (κ2) is 6.29. The molecule has 0 bridgehead atoms. The molecular formula is C14H18F3NO3S. The molecule has 0 aromatic heterocycles. The zero-order valence-corrected chi connectivity index (χ0v) is 13.3. The third kappa shape index (κ3) is 5.34. The molecule has 0 aliphatic heterocycles. The fraction of sp³-hybridized carbons (Fsp3) is 0.429. The number of sulfonamides is 1. The van der Waals surface area contributed by atoms with Crippen molar-refractivity contribution in [1.29, 1.82) is 0 Å². The Labute approximate surface area is 128 Å². The highest BCUT2D eigenvalue weighted by Crippen LogP contribution is 2.26. The maximum Gasteiger partial charge on any atom is 0.448 e. The van der Waals surface area contributed by atoms with Gasteiger partial charge in [-0.15, -0.1) is 0 Å².